The molecular formula is C30H19IN2. The zero-order valence-electron chi connectivity index (χ0n) is 17.7. The van der Waals surface area contributed by atoms with Gasteiger partial charge in [-0.15, -0.1) is 0 Å². The largest absolute Gasteiger partial charge is 0.309 e. The van der Waals surface area contributed by atoms with Crippen molar-refractivity contribution < 1.29 is 0 Å². The van der Waals surface area contributed by atoms with Crippen LogP contribution in [-0.2, 0) is 0 Å². The fourth-order valence-electron chi connectivity index (χ4n) is 5.18. The zero-order valence-corrected chi connectivity index (χ0v) is 19.9. The Bertz CT molecular complexity index is 1770. The lowest BCUT2D eigenvalue weighted by molar-refractivity contribution is 1.16. The van der Waals surface area contributed by atoms with Crippen molar-refractivity contribution in [2.45, 2.75) is 0 Å². The lowest BCUT2D eigenvalue weighted by Gasteiger charge is -2.10. The number of aromatic nitrogens is 2. The Labute approximate surface area is 204 Å². The predicted molar refractivity (Wildman–Crippen MR) is 148 cm³/mol. The van der Waals surface area contributed by atoms with Crippen LogP contribution in [0, 0.1) is 3.57 Å². The van der Waals surface area contributed by atoms with Gasteiger partial charge >= 0.3 is 0 Å². The van der Waals surface area contributed by atoms with E-state index in [0.29, 0.717) is 0 Å². The van der Waals surface area contributed by atoms with Gasteiger partial charge in [-0.2, -0.15) is 0 Å². The maximum absolute atomic E-state index is 2.41. The summed E-state index contributed by atoms with van der Waals surface area (Å²) >= 11 is 2.41. The van der Waals surface area contributed by atoms with Gasteiger partial charge in [-0.1, -0.05) is 54.6 Å². The highest BCUT2D eigenvalue weighted by atomic mass is 127. The highest BCUT2D eigenvalue weighted by Gasteiger charge is 2.16. The molecule has 33 heavy (non-hydrogen) atoms. The summed E-state index contributed by atoms with van der Waals surface area (Å²) in [6, 6.07) is 41.6. The molecule has 7 aromatic rings. The Morgan fingerprint density at radius 3 is 1.61 bits per heavy atom. The molecule has 0 atom stereocenters. The van der Waals surface area contributed by atoms with Crippen LogP contribution in [0.15, 0.2) is 115 Å². The SMILES string of the molecule is Ic1ccc2c(c1)c1cc(-n3c4ccccc4c4ccccc43)ccc1n2-c1ccccc1. The Morgan fingerprint density at radius 1 is 0.394 bits per heavy atom. The highest BCUT2D eigenvalue weighted by Crippen LogP contribution is 2.37. The molecule has 0 aliphatic rings. The van der Waals surface area contributed by atoms with Crippen molar-refractivity contribution in [2.75, 3.05) is 0 Å². The van der Waals surface area contributed by atoms with Gasteiger partial charge in [0.2, 0.25) is 0 Å². The molecule has 2 nitrogen and oxygen atoms in total. The summed E-state index contributed by atoms with van der Waals surface area (Å²) in [5.74, 6) is 0. The molecule has 0 unspecified atom stereocenters. The second-order valence-electron chi connectivity index (χ2n) is 8.40. The fourth-order valence-corrected chi connectivity index (χ4v) is 5.67. The van der Waals surface area contributed by atoms with Crippen LogP contribution in [0.25, 0.3) is 55.0 Å². The molecular weight excluding hydrogens is 515 g/mol. The lowest BCUT2D eigenvalue weighted by Crippen LogP contribution is -1.95. The maximum Gasteiger partial charge on any atom is 0.0542 e. The Kier molecular flexibility index (Phi) is 4.15. The van der Waals surface area contributed by atoms with Crippen molar-refractivity contribution in [3.05, 3.63) is 119 Å². The van der Waals surface area contributed by atoms with E-state index < -0.39 is 0 Å². The van der Waals surface area contributed by atoms with Crippen LogP contribution < -0.4 is 0 Å². The molecule has 156 valence electrons. The Morgan fingerprint density at radius 2 is 0.909 bits per heavy atom. The van der Waals surface area contributed by atoms with Gasteiger partial charge in [-0.25, -0.2) is 0 Å². The summed E-state index contributed by atoms with van der Waals surface area (Å²) in [5, 5.41) is 5.12. The molecule has 7 rings (SSSR count). The lowest BCUT2D eigenvalue weighted by atomic mass is 10.1. The van der Waals surface area contributed by atoms with E-state index in [1.54, 1.807) is 0 Å². The molecule has 0 bridgehead atoms. The number of halogens is 1. The van der Waals surface area contributed by atoms with Crippen LogP contribution in [0.3, 0.4) is 0 Å². The van der Waals surface area contributed by atoms with Crippen molar-refractivity contribution in [3.8, 4) is 11.4 Å². The van der Waals surface area contributed by atoms with Crippen LogP contribution in [0.5, 0.6) is 0 Å². The van der Waals surface area contributed by atoms with Crippen LogP contribution in [0.1, 0.15) is 0 Å². The van der Waals surface area contributed by atoms with Gasteiger partial charge in [-0.3, -0.25) is 0 Å². The van der Waals surface area contributed by atoms with E-state index in [1.807, 2.05) is 0 Å². The van der Waals surface area contributed by atoms with Crippen LogP contribution in [0.2, 0.25) is 0 Å². The average molecular weight is 534 g/mol. The number of para-hydroxylation sites is 3. The first-order valence-corrected chi connectivity index (χ1v) is 12.2. The Balaban J connectivity index is 1.60. The van der Waals surface area contributed by atoms with Crippen molar-refractivity contribution in [1.82, 2.24) is 9.13 Å². The predicted octanol–water partition coefficient (Wildman–Crippen LogP) is 8.49. The summed E-state index contributed by atoms with van der Waals surface area (Å²) in [6.07, 6.45) is 0. The summed E-state index contributed by atoms with van der Waals surface area (Å²) in [4.78, 5) is 0. The molecule has 3 heteroatoms. The quantitative estimate of drug-likeness (QED) is 0.197. The summed E-state index contributed by atoms with van der Waals surface area (Å²) < 4.78 is 6.01. The smallest absolute Gasteiger partial charge is 0.0542 e. The third-order valence-electron chi connectivity index (χ3n) is 6.56. The molecule has 0 spiro atoms. The molecule has 0 aliphatic heterocycles. The van der Waals surface area contributed by atoms with Gasteiger partial charge in [0.1, 0.15) is 0 Å². The molecule has 0 saturated carbocycles. The van der Waals surface area contributed by atoms with Crippen molar-refractivity contribution in [3.63, 3.8) is 0 Å². The van der Waals surface area contributed by atoms with E-state index in [1.165, 1.54) is 58.6 Å². The molecule has 0 amide bonds. The number of rotatable bonds is 2. The minimum Gasteiger partial charge on any atom is -0.309 e. The topological polar surface area (TPSA) is 9.86 Å². The highest BCUT2D eigenvalue weighted by molar-refractivity contribution is 14.1. The van der Waals surface area contributed by atoms with E-state index in [9.17, 15) is 0 Å². The standard InChI is InChI=1S/C30H19IN2/c31-20-14-16-29-25(18-20)26-19-22(15-17-30(26)32(29)21-8-2-1-3-9-21)33-27-12-6-4-10-23(27)24-11-5-7-13-28(24)33/h1-19H. The van der Waals surface area contributed by atoms with Crippen molar-refractivity contribution >= 4 is 66.2 Å². The summed E-state index contributed by atoms with van der Waals surface area (Å²) in [5.41, 5.74) is 7.30. The third-order valence-corrected chi connectivity index (χ3v) is 7.23. The summed E-state index contributed by atoms with van der Waals surface area (Å²) in [6.45, 7) is 0. The molecule has 0 aliphatic carbocycles. The molecule has 5 aromatic carbocycles. The minimum absolute atomic E-state index is 1.18. The van der Waals surface area contributed by atoms with Crippen LogP contribution >= 0.6 is 22.6 Å². The van der Waals surface area contributed by atoms with Gasteiger partial charge in [0.05, 0.1) is 22.1 Å². The van der Waals surface area contributed by atoms with Gasteiger partial charge in [-0.05, 0) is 83.3 Å². The first-order valence-electron chi connectivity index (χ1n) is 11.1. The zero-order chi connectivity index (χ0) is 21.9. The maximum atomic E-state index is 2.41. The monoisotopic (exact) mass is 534 g/mol. The average Bonchev–Trinajstić information content (AvgIpc) is 3.37. The molecule has 0 fully saturated rings. The van der Waals surface area contributed by atoms with Gasteiger partial charge < -0.3 is 9.13 Å². The van der Waals surface area contributed by atoms with E-state index in [0.717, 1.165) is 0 Å². The second kappa shape index (κ2) is 7.22. The summed E-state index contributed by atoms with van der Waals surface area (Å²) in [7, 11) is 0. The van der Waals surface area contributed by atoms with Gasteiger partial charge in [0, 0.05) is 36.5 Å². The molecule has 0 saturated heterocycles. The Hall–Kier alpha value is -3.57. The molecule has 2 aromatic heterocycles. The molecule has 0 radical (unpaired) electrons. The minimum atomic E-state index is 1.18. The van der Waals surface area contributed by atoms with Crippen LogP contribution in [-0.4, -0.2) is 9.13 Å². The third kappa shape index (κ3) is 2.79. The van der Waals surface area contributed by atoms with Crippen molar-refractivity contribution in [2.24, 2.45) is 0 Å². The van der Waals surface area contributed by atoms with Gasteiger partial charge in [0.15, 0.2) is 0 Å². The molecule has 2 heterocycles. The first kappa shape index (κ1) is 18.9. The van der Waals surface area contributed by atoms with Crippen LogP contribution in [0.4, 0.5) is 0 Å². The van der Waals surface area contributed by atoms with E-state index in [2.05, 4.69) is 147 Å². The van der Waals surface area contributed by atoms with E-state index in [-0.39, 0.29) is 0 Å². The van der Waals surface area contributed by atoms with Crippen molar-refractivity contribution in [1.29, 1.82) is 0 Å². The van der Waals surface area contributed by atoms with E-state index in [4.69, 9.17) is 0 Å². The van der Waals surface area contributed by atoms with E-state index >= 15 is 0 Å². The number of benzene rings is 5. The molecule has 0 N–H and O–H groups in total. The number of fused-ring (bicyclic) bond motifs is 6. The normalized spacial score (nSPS) is 11.8. The fraction of sp³-hybridized carbons (Fsp3) is 0. The number of nitrogens with zero attached hydrogens (tertiary/aromatic N) is 2. The number of hydrogen-bond acceptors (Lipinski definition) is 0. The number of hydrogen-bond donors (Lipinski definition) is 0. The first-order chi connectivity index (χ1) is 16.3. The van der Waals surface area contributed by atoms with Gasteiger partial charge in [0.25, 0.3) is 0 Å². The second-order valence-corrected chi connectivity index (χ2v) is 9.65.